The van der Waals surface area contributed by atoms with Crippen molar-refractivity contribution in [1.29, 1.82) is 0 Å². The predicted molar refractivity (Wildman–Crippen MR) is 85.6 cm³/mol. The van der Waals surface area contributed by atoms with E-state index in [9.17, 15) is 4.79 Å². The van der Waals surface area contributed by atoms with E-state index in [1.807, 2.05) is 0 Å². The number of hydrogen-bond acceptors (Lipinski definition) is 3. The van der Waals surface area contributed by atoms with Crippen molar-refractivity contribution >= 4 is 29.7 Å². The third kappa shape index (κ3) is 4.21. The molecule has 1 aromatic rings. The number of nitrogens with one attached hydrogen (secondary N) is 2. The van der Waals surface area contributed by atoms with E-state index in [0.29, 0.717) is 24.5 Å². The second kappa shape index (κ2) is 7.43. The lowest BCUT2D eigenvalue weighted by molar-refractivity contribution is -0.122. The maximum absolute atomic E-state index is 11.9. The molecule has 2 aliphatic heterocycles. The first-order valence-electron chi connectivity index (χ1n) is 7.37. The van der Waals surface area contributed by atoms with E-state index in [2.05, 4.69) is 28.1 Å². The van der Waals surface area contributed by atoms with E-state index in [-0.39, 0.29) is 18.3 Å². The van der Waals surface area contributed by atoms with Gasteiger partial charge in [-0.15, -0.1) is 23.7 Å². The van der Waals surface area contributed by atoms with Crippen LogP contribution in [-0.2, 0) is 11.2 Å². The van der Waals surface area contributed by atoms with Gasteiger partial charge in [-0.2, -0.15) is 0 Å². The lowest BCUT2D eigenvalue weighted by Crippen LogP contribution is -2.48. The number of halogens is 1. The zero-order valence-corrected chi connectivity index (χ0v) is 13.3. The molecule has 2 atom stereocenters. The molecule has 3 nitrogen and oxygen atoms in total. The van der Waals surface area contributed by atoms with Gasteiger partial charge < -0.3 is 10.6 Å². The minimum Gasteiger partial charge on any atom is -0.353 e. The zero-order chi connectivity index (χ0) is 13.1. The Balaban J connectivity index is 0.00000147. The van der Waals surface area contributed by atoms with Crippen molar-refractivity contribution in [3.63, 3.8) is 0 Å². The van der Waals surface area contributed by atoms with Crippen molar-refractivity contribution in [3.05, 3.63) is 22.4 Å². The summed E-state index contributed by atoms with van der Waals surface area (Å²) in [5.41, 5.74) is 0. The van der Waals surface area contributed by atoms with Crippen LogP contribution >= 0.6 is 23.7 Å². The molecule has 1 aromatic heterocycles. The highest BCUT2D eigenvalue weighted by Gasteiger charge is 2.33. The molecular formula is C15H23ClN2OS. The topological polar surface area (TPSA) is 41.1 Å². The van der Waals surface area contributed by atoms with Gasteiger partial charge in [-0.25, -0.2) is 0 Å². The molecule has 1 amide bonds. The third-order valence-corrected chi connectivity index (χ3v) is 5.18. The van der Waals surface area contributed by atoms with Gasteiger partial charge in [0.15, 0.2) is 0 Å². The number of piperidine rings is 1. The van der Waals surface area contributed by atoms with Crippen molar-refractivity contribution in [3.8, 4) is 0 Å². The maximum atomic E-state index is 11.9. The van der Waals surface area contributed by atoms with E-state index in [0.717, 1.165) is 25.7 Å². The third-order valence-electron chi connectivity index (χ3n) is 4.25. The van der Waals surface area contributed by atoms with Crippen LogP contribution in [-0.4, -0.2) is 24.0 Å². The number of aryl methyl sites for hydroxylation is 1. The Labute approximate surface area is 130 Å². The molecule has 3 rings (SSSR count). The Bertz CT molecular complexity index is 412. The highest BCUT2D eigenvalue weighted by Crippen LogP contribution is 2.26. The summed E-state index contributed by atoms with van der Waals surface area (Å²) in [6, 6.07) is 5.93. The van der Waals surface area contributed by atoms with E-state index >= 15 is 0 Å². The van der Waals surface area contributed by atoms with Crippen molar-refractivity contribution in [2.75, 3.05) is 0 Å². The normalized spacial score (nSPS) is 27.9. The number of carbonyl (C=O) groups is 1. The number of rotatable bonds is 5. The van der Waals surface area contributed by atoms with E-state index < -0.39 is 0 Å². The maximum Gasteiger partial charge on any atom is 0.220 e. The predicted octanol–water partition coefficient (Wildman–Crippen LogP) is 2.89. The molecule has 2 unspecified atom stereocenters. The van der Waals surface area contributed by atoms with Gasteiger partial charge in [0.25, 0.3) is 0 Å². The van der Waals surface area contributed by atoms with E-state index in [1.54, 1.807) is 11.3 Å². The number of amides is 1. The number of hydrogen-bond donors (Lipinski definition) is 2. The summed E-state index contributed by atoms with van der Waals surface area (Å²) < 4.78 is 0. The van der Waals surface area contributed by atoms with Crippen LogP contribution in [0.3, 0.4) is 0 Å². The molecule has 2 N–H and O–H groups in total. The Morgan fingerprint density at radius 1 is 1.35 bits per heavy atom. The monoisotopic (exact) mass is 314 g/mol. The van der Waals surface area contributed by atoms with Gasteiger partial charge in [0.05, 0.1) is 0 Å². The molecule has 0 saturated carbocycles. The summed E-state index contributed by atoms with van der Waals surface area (Å²) >= 11 is 1.78. The fraction of sp³-hybridized carbons (Fsp3) is 0.667. The first-order chi connectivity index (χ1) is 9.29. The van der Waals surface area contributed by atoms with Gasteiger partial charge in [0, 0.05) is 29.4 Å². The van der Waals surface area contributed by atoms with Crippen LogP contribution in [0.4, 0.5) is 0 Å². The van der Waals surface area contributed by atoms with Crippen LogP contribution in [0.1, 0.15) is 43.4 Å². The van der Waals surface area contributed by atoms with Gasteiger partial charge in [-0.1, -0.05) is 6.07 Å². The highest BCUT2D eigenvalue weighted by atomic mass is 35.5. The number of fused-ring (bicyclic) bond motifs is 2. The summed E-state index contributed by atoms with van der Waals surface area (Å²) in [6.45, 7) is 0. The van der Waals surface area contributed by atoms with Gasteiger partial charge in [-0.05, 0) is 50.0 Å². The molecule has 0 aliphatic carbocycles. The first-order valence-corrected chi connectivity index (χ1v) is 8.25. The van der Waals surface area contributed by atoms with Crippen molar-refractivity contribution in [2.24, 2.45) is 0 Å². The first kappa shape index (κ1) is 15.8. The van der Waals surface area contributed by atoms with Crippen LogP contribution in [0.25, 0.3) is 0 Å². The molecule has 0 radical (unpaired) electrons. The summed E-state index contributed by atoms with van der Waals surface area (Å²) in [5.74, 6) is 0.239. The number of carbonyl (C=O) groups excluding carboxylic acids is 1. The van der Waals surface area contributed by atoms with E-state index in [1.165, 1.54) is 17.7 Å². The lowest BCUT2D eigenvalue weighted by Gasteiger charge is -2.29. The van der Waals surface area contributed by atoms with Gasteiger partial charge in [0.2, 0.25) is 5.91 Å². The van der Waals surface area contributed by atoms with Crippen molar-refractivity contribution < 1.29 is 4.79 Å². The summed E-state index contributed by atoms with van der Waals surface area (Å²) in [5, 5.41) is 8.93. The van der Waals surface area contributed by atoms with Gasteiger partial charge in [0.1, 0.15) is 0 Å². The Morgan fingerprint density at radius 2 is 2.10 bits per heavy atom. The average Bonchev–Trinajstić information content (AvgIpc) is 2.99. The zero-order valence-electron chi connectivity index (χ0n) is 11.6. The summed E-state index contributed by atoms with van der Waals surface area (Å²) in [7, 11) is 0. The average molecular weight is 315 g/mol. The summed E-state index contributed by atoms with van der Waals surface area (Å²) in [4.78, 5) is 13.3. The highest BCUT2D eigenvalue weighted by molar-refractivity contribution is 7.09. The van der Waals surface area contributed by atoms with Crippen LogP contribution in [0.5, 0.6) is 0 Å². The fourth-order valence-corrected chi connectivity index (χ4v) is 4.10. The molecule has 3 heterocycles. The second-order valence-corrected chi connectivity index (χ2v) is 6.84. The molecule has 0 spiro atoms. The molecular weight excluding hydrogens is 292 g/mol. The molecule has 2 saturated heterocycles. The van der Waals surface area contributed by atoms with Crippen LogP contribution in [0, 0.1) is 0 Å². The van der Waals surface area contributed by atoms with Crippen LogP contribution < -0.4 is 10.6 Å². The molecule has 2 aliphatic rings. The SMILES string of the molecule is Cl.O=C(CCCc1cccs1)NC1CC2CCC(C1)N2. The summed E-state index contributed by atoms with van der Waals surface area (Å²) in [6.07, 6.45) is 7.47. The quantitative estimate of drug-likeness (QED) is 0.877. The van der Waals surface area contributed by atoms with Crippen LogP contribution in [0.2, 0.25) is 0 Å². The largest absolute Gasteiger partial charge is 0.353 e. The van der Waals surface area contributed by atoms with Crippen molar-refractivity contribution in [1.82, 2.24) is 10.6 Å². The molecule has 2 bridgehead atoms. The molecule has 5 heteroatoms. The Kier molecular flexibility index (Phi) is 5.87. The molecule has 0 aromatic carbocycles. The second-order valence-electron chi connectivity index (χ2n) is 5.81. The smallest absolute Gasteiger partial charge is 0.220 e. The fourth-order valence-electron chi connectivity index (χ4n) is 3.35. The number of thiophene rings is 1. The molecule has 20 heavy (non-hydrogen) atoms. The Hall–Kier alpha value is -0.580. The minimum atomic E-state index is 0. The van der Waals surface area contributed by atoms with Crippen molar-refractivity contribution in [2.45, 2.75) is 63.1 Å². The van der Waals surface area contributed by atoms with Gasteiger partial charge in [-0.3, -0.25) is 4.79 Å². The van der Waals surface area contributed by atoms with E-state index in [4.69, 9.17) is 0 Å². The van der Waals surface area contributed by atoms with Crippen LogP contribution in [0.15, 0.2) is 17.5 Å². The minimum absolute atomic E-state index is 0. The lowest BCUT2D eigenvalue weighted by atomic mass is 9.99. The Morgan fingerprint density at radius 3 is 2.75 bits per heavy atom. The molecule has 112 valence electrons. The van der Waals surface area contributed by atoms with Gasteiger partial charge >= 0.3 is 0 Å². The standard InChI is InChI=1S/C15H22N2OS.ClH/c18-15(5-1-3-14-4-2-8-19-14)17-13-9-11-6-7-12(10-13)16-11;/h2,4,8,11-13,16H,1,3,5-7,9-10H2,(H,17,18);1H. The molecule has 2 fully saturated rings.